The maximum Gasteiger partial charge on any atom is 0.414 e. The van der Waals surface area contributed by atoms with Crippen LogP contribution in [0.1, 0.15) is 16.8 Å². The number of benzene rings is 2. The third kappa shape index (κ3) is 2.26. The first-order chi connectivity index (χ1) is 12.7. The molecule has 3 heterocycles. The molecule has 0 spiro atoms. The number of carbonyl (C=O) groups is 1. The molecule has 6 nitrogen and oxygen atoms in total. The maximum absolute atomic E-state index is 11.9. The Bertz CT molecular complexity index is 1070. The van der Waals surface area contributed by atoms with Gasteiger partial charge < -0.3 is 14.5 Å². The molecule has 0 bridgehead atoms. The number of H-pyrrole nitrogens is 1. The van der Waals surface area contributed by atoms with Gasteiger partial charge in [-0.3, -0.25) is 9.89 Å². The van der Waals surface area contributed by atoms with E-state index in [4.69, 9.17) is 14.5 Å². The summed E-state index contributed by atoms with van der Waals surface area (Å²) in [6, 6.07) is 14.1. The molecular weight excluding hydrogens is 330 g/mol. The van der Waals surface area contributed by atoms with Crippen LogP contribution in [0, 0.1) is 0 Å². The SMILES string of the molecule is COc1ccc2cc(C3=NCc4ccc(N5CCOC5=O)cc43)[nH]c2c1. The van der Waals surface area contributed by atoms with Crippen molar-refractivity contribution >= 4 is 28.4 Å². The molecule has 5 rings (SSSR count). The summed E-state index contributed by atoms with van der Waals surface area (Å²) in [5, 5.41) is 1.11. The fourth-order valence-electron chi connectivity index (χ4n) is 3.56. The Morgan fingerprint density at radius 1 is 1.19 bits per heavy atom. The summed E-state index contributed by atoms with van der Waals surface area (Å²) in [4.78, 5) is 21.7. The van der Waals surface area contributed by atoms with Crippen LogP contribution in [-0.2, 0) is 11.3 Å². The van der Waals surface area contributed by atoms with E-state index in [0.717, 1.165) is 44.9 Å². The number of hydrogen-bond acceptors (Lipinski definition) is 4. The van der Waals surface area contributed by atoms with Crippen molar-refractivity contribution in [2.24, 2.45) is 4.99 Å². The standard InChI is InChI=1S/C20H17N3O3/c1-25-15-5-3-12-8-18(22-17(12)10-15)19-16-9-14(4-2-13(16)11-21-19)23-6-7-26-20(23)24/h2-5,8-10,22H,6-7,11H2,1H3. The highest BCUT2D eigenvalue weighted by Crippen LogP contribution is 2.30. The van der Waals surface area contributed by atoms with E-state index in [9.17, 15) is 4.79 Å². The van der Waals surface area contributed by atoms with Crippen LogP contribution in [0.3, 0.4) is 0 Å². The molecule has 2 aliphatic rings. The first-order valence-electron chi connectivity index (χ1n) is 8.52. The lowest BCUT2D eigenvalue weighted by Crippen LogP contribution is -2.23. The molecule has 1 saturated heterocycles. The molecule has 1 N–H and O–H groups in total. The Labute approximate surface area is 150 Å². The normalized spacial score (nSPS) is 16.0. The highest BCUT2D eigenvalue weighted by Gasteiger charge is 2.26. The van der Waals surface area contributed by atoms with E-state index >= 15 is 0 Å². The predicted octanol–water partition coefficient (Wildman–Crippen LogP) is 3.48. The van der Waals surface area contributed by atoms with Gasteiger partial charge >= 0.3 is 6.09 Å². The minimum atomic E-state index is -0.292. The van der Waals surface area contributed by atoms with Gasteiger partial charge in [-0.25, -0.2) is 4.79 Å². The summed E-state index contributed by atoms with van der Waals surface area (Å²) in [7, 11) is 1.66. The monoisotopic (exact) mass is 347 g/mol. The van der Waals surface area contributed by atoms with Crippen molar-refractivity contribution in [3.8, 4) is 5.75 Å². The number of cyclic esters (lactones) is 1. The lowest BCUT2D eigenvalue weighted by atomic mass is 10.0. The van der Waals surface area contributed by atoms with Gasteiger partial charge in [-0.15, -0.1) is 0 Å². The zero-order valence-electron chi connectivity index (χ0n) is 14.3. The first kappa shape index (κ1) is 15.0. The van der Waals surface area contributed by atoms with Crippen LogP contribution in [0.25, 0.3) is 10.9 Å². The number of fused-ring (bicyclic) bond motifs is 2. The Morgan fingerprint density at radius 3 is 2.92 bits per heavy atom. The molecule has 0 saturated carbocycles. The molecule has 1 amide bonds. The molecule has 2 aliphatic heterocycles. The van der Waals surface area contributed by atoms with Gasteiger partial charge in [0.25, 0.3) is 0 Å². The number of carbonyl (C=O) groups excluding carboxylic acids is 1. The largest absolute Gasteiger partial charge is 0.497 e. The second kappa shape index (κ2) is 5.62. The zero-order chi connectivity index (χ0) is 17.7. The van der Waals surface area contributed by atoms with Gasteiger partial charge in [0.15, 0.2) is 0 Å². The molecule has 26 heavy (non-hydrogen) atoms. The highest BCUT2D eigenvalue weighted by atomic mass is 16.6. The Kier molecular flexibility index (Phi) is 3.25. The number of nitrogens with zero attached hydrogens (tertiary/aromatic N) is 2. The predicted molar refractivity (Wildman–Crippen MR) is 99.3 cm³/mol. The number of rotatable bonds is 3. The third-order valence-corrected chi connectivity index (χ3v) is 4.91. The Balaban J connectivity index is 1.56. The van der Waals surface area contributed by atoms with E-state index in [1.165, 1.54) is 0 Å². The molecular formula is C20H17N3O3. The van der Waals surface area contributed by atoms with Gasteiger partial charge in [-0.1, -0.05) is 6.07 Å². The molecule has 0 unspecified atom stereocenters. The van der Waals surface area contributed by atoms with Crippen LogP contribution in [0.2, 0.25) is 0 Å². The van der Waals surface area contributed by atoms with Gasteiger partial charge in [-0.05, 0) is 35.9 Å². The van der Waals surface area contributed by atoms with Crippen LogP contribution >= 0.6 is 0 Å². The number of anilines is 1. The van der Waals surface area contributed by atoms with Gasteiger partial charge in [-0.2, -0.15) is 0 Å². The summed E-state index contributed by atoms with van der Waals surface area (Å²) < 4.78 is 10.3. The molecule has 3 aromatic rings. The second-order valence-electron chi connectivity index (χ2n) is 6.41. The summed E-state index contributed by atoms with van der Waals surface area (Å²) in [5.41, 5.74) is 5.96. The van der Waals surface area contributed by atoms with E-state index < -0.39 is 0 Å². The van der Waals surface area contributed by atoms with E-state index in [1.54, 1.807) is 12.0 Å². The van der Waals surface area contributed by atoms with Crippen LogP contribution in [-0.4, -0.2) is 37.1 Å². The van der Waals surface area contributed by atoms with E-state index in [1.807, 2.05) is 36.4 Å². The second-order valence-corrected chi connectivity index (χ2v) is 6.41. The Hall–Kier alpha value is -3.28. The van der Waals surface area contributed by atoms with Gasteiger partial charge in [0.1, 0.15) is 12.4 Å². The van der Waals surface area contributed by atoms with Crippen molar-refractivity contribution in [3.63, 3.8) is 0 Å². The van der Waals surface area contributed by atoms with E-state index in [-0.39, 0.29) is 6.09 Å². The molecule has 130 valence electrons. The quantitative estimate of drug-likeness (QED) is 0.789. The molecule has 1 aromatic heterocycles. The lowest BCUT2D eigenvalue weighted by Gasteiger charge is -2.14. The number of aromatic nitrogens is 1. The van der Waals surface area contributed by atoms with Crippen LogP contribution in [0.15, 0.2) is 47.5 Å². The van der Waals surface area contributed by atoms with E-state index in [0.29, 0.717) is 19.7 Å². The number of amides is 1. The summed E-state index contributed by atoms with van der Waals surface area (Å²) in [5.74, 6) is 0.814. The lowest BCUT2D eigenvalue weighted by molar-refractivity contribution is 0.181. The molecule has 2 aromatic carbocycles. The number of hydrogen-bond donors (Lipinski definition) is 1. The average Bonchev–Trinajstić information content (AvgIpc) is 3.37. The molecule has 0 aliphatic carbocycles. The van der Waals surface area contributed by atoms with Crippen molar-refractivity contribution < 1.29 is 14.3 Å². The molecule has 1 fully saturated rings. The highest BCUT2D eigenvalue weighted by molar-refractivity contribution is 6.16. The van der Waals surface area contributed by atoms with Crippen LogP contribution in [0.4, 0.5) is 10.5 Å². The zero-order valence-corrected chi connectivity index (χ0v) is 14.3. The number of aromatic amines is 1. The van der Waals surface area contributed by atoms with Gasteiger partial charge in [0.05, 0.1) is 31.6 Å². The van der Waals surface area contributed by atoms with Gasteiger partial charge in [0.2, 0.25) is 0 Å². The average molecular weight is 347 g/mol. The summed E-state index contributed by atoms with van der Waals surface area (Å²) in [6.07, 6.45) is -0.292. The van der Waals surface area contributed by atoms with Crippen LogP contribution < -0.4 is 9.64 Å². The van der Waals surface area contributed by atoms with Crippen molar-refractivity contribution in [2.45, 2.75) is 6.54 Å². The number of nitrogens with one attached hydrogen (secondary N) is 1. The first-order valence-corrected chi connectivity index (χ1v) is 8.52. The fourth-order valence-corrected chi connectivity index (χ4v) is 3.56. The molecule has 0 radical (unpaired) electrons. The van der Waals surface area contributed by atoms with Crippen molar-refractivity contribution in [2.75, 3.05) is 25.2 Å². The van der Waals surface area contributed by atoms with Crippen molar-refractivity contribution in [3.05, 3.63) is 59.3 Å². The summed E-state index contributed by atoms with van der Waals surface area (Å²) >= 11 is 0. The molecule has 0 atom stereocenters. The minimum Gasteiger partial charge on any atom is -0.497 e. The van der Waals surface area contributed by atoms with E-state index in [2.05, 4.69) is 11.1 Å². The minimum absolute atomic E-state index is 0.292. The van der Waals surface area contributed by atoms with Crippen molar-refractivity contribution in [1.29, 1.82) is 0 Å². The molecule has 6 heteroatoms. The maximum atomic E-state index is 11.9. The summed E-state index contributed by atoms with van der Waals surface area (Å²) in [6.45, 7) is 1.66. The topological polar surface area (TPSA) is 66.9 Å². The van der Waals surface area contributed by atoms with Crippen LogP contribution in [0.5, 0.6) is 5.75 Å². The number of ether oxygens (including phenoxy) is 2. The number of methoxy groups -OCH3 is 1. The number of aliphatic imine (C=N–C) groups is 1. The van der Waals surface area contributed by atoms with Gasteiger partial charge in [0, 0.05) is 28.2 Å². The Morgan fingerprint density at radius 2 is 2.12 bits per heavy atom. The van der Waals surface area contributed by atoms with Crippen molar-refractivity contribution in [1.82, 2.24) is 4.98 Å². The third-order valence-electron chi connectivity index (χ3n) is 4.91. The fraction of sp³-hybridized carbons (Fsp3) is 0.200. The smallest absolute Gasteiger partial charge is 0.414 e.